The third kappa shape index (κ3) is 4.84. The van der Waals surface area contributed by atoms with Crippen molar-refractivity contribution >= 4 is 18.3 Å². The summed E-state index contributed by atoms with van der Waals surface area (Å²) in [4.78, 5) is 14.0. The van der Waals surface area contributed by atoms with Gasteiger partial charge in [-0.05, 0) is 31.7 Å². The highest BCUT2D eigenvalue weighted by Gasteiger charge is 2.20. The maximum absolute atomic E-state index is 12.1. The second-order valence-electron chi connectivity index (χ2n) is 5.23. The Morgan fingerprint density at radius 2 is 2.05 bits per heavy atom. The van der Waals surface area contributed by atoms with Crippen LogP contribution >= 0.6 is 12.4 Å². The monoisotopic (exact) mass is 282 g/mol. The summed E-state index contributed by atoms with van der Waals surface area (Å²) >= 11 is 0. The van der Waals surface area contributed by atoms with Crippen LogP contribution in [-0.2, 0) is 11.2 Å². The summed E-state index contributed by atoms with van der Waals surface area (Å²) in [5.74, 6) is 0.241. The van der Waals surface area contributed by atoms with Gasteiger partial charge in [0.05, 0.1) is 0 Å². The Morgan fingerprint density at radius 1 is 1.37 bits per heavy atom. The lowest BCUT2D eigenvalue weighted by atomic mass is 10.0. The van der Waals surface area contributed by atoms with Gasteiger partial charge in [0.15, 0.2) is 0 Å². The van der Waals surface area contributed by atoms with E-state index in [1.54, 1.807) is 0 Å². The lowest BCUT2D eigenvalue weighted by Crippen LogP contribution is -2.45. The molecule has 1 atom stereocenters. The fourth-order valence-corrected chi connectivity index (χ4v) is 2.40. The number of hydrogen-bond donors (Lipinski definition) is 1. The van der Waals surface area contributed by atoms with Crippen LogP contribution in [-0.4, -0.2) is 29.9 Å². The molecule has 0 bridgehead atoms. The Labute approximate surface area is 121 Å². The molecule has 1 aliphatic heterocycles. The summed E-state index contributed by atoms with van der Waals surface area (Å²) in [5, 5.41) is 0. The molecule has 1 unspecified atom stereocenters. The smallest absolute Gasteiger partial charge is 0.222 e. The van der Waals surface area contributed by atoms with Crippen molar-refractivity contribution in [2.75, 3.05) is 13.1 Å². The molecule has 1 fully saturated rings. The molecule has 1 heterocycles. The minimum absolute atomic E-state index is 0. The molecule has 0 saturated carbocycles. The highest BCUT2D eigenvalue weighted by atomic mass is 35.5. The van der Waals surface area contributed by atoms with E-state index in [1.807, 2.05) is 4.90 Å². The summed E-state index contributed by atoms with van der Waals surface area (Å²) in [6.07, 6.45) is 3.50. The van der Waals surface area contributed by atoms with E-state index in [0.717, 1.165) is 32.4 Å². The predicted octanol–water partition coefficient (Wildman–Crippen LogP) is 2.30. The van der Waals surface area contributed by atoms with Gasteiger partial charge in [0, 0.05) is 25.6 Å². The van der Waals surface area contributed by atoms with Crippen molar-refractivity contribution in [1.82, 2.24) is 4.90 Å². The van der Waals surface area contributed by atoms with Crippen molar-refractivity contribution in [3.63, 3.8) is 0 Å². The molecule has 1 saturated heterocycles. The molecule has 2 N–H and O–H groups in total. The Bertz CT molecular complexity index is 405. The molecule has 1 aliphatic rings. The fourth-order valence-electron chi connectivity index (χ4n) is 2.40. The number of hydrogen-bond acceptors (Lipinski definition) is 2. The maximum Gasteiger partial charge on any atom is 0.222 e. The summed E-state index contributed by atoms with van der Waals surface area (Å²) < 4.78 is 0. The molecular weight excluding hydrogens is 260 g/mol. The standard InChI is InChI=1S/C15H22N2O.ClH/c1-12-4-6-13(7-5-12)8-9-15(18)17-10-2-3-14(16)11-17;/h4-7,14H,2-3,8-11,16H2,1H3;1H. The third-order valence-electron chi connectivity index (χ3n) is 3.56. The van der Waals surface area contributed by atoms with Crippen molar-refractivity contribution < 1.29 is 4.79 Å². The average molecular weight is 283 g/mol. The van der Waals surface area contributed by atoms with Gasteiger partial charge in [0.1, 0.15) is 0 Å². The summed E-state index contributed by atoms with van der Waals surface area (Å²) in [6, 6.07) is 8.56. The topological polar surface area (TPSA) is 46.3 Å². The molecule has 1 aromatic carbocycles. The number of piperidine rings is 1. The van der Waals surface area contributed by atoms with Gasteiger partial charge in [-0.15, -0.1) is 12.4 Å². The van der Waals surface area contributed by atoms with E-state index in [0.29, 0.717) is 6.42 Å². The van der Waals surface area contributed by atoms with Gasteiger partial charge in [-0.2, -0.15) is 0 Å². The van der Waals surface area contributed by atoms with Crippen LogP contribution < -0.4 is 5.73 Å². The van der Waals surface area contributed by atoms with E-state index in [9.17, 15) is 4.79 Å². The first-order valence-electron chi connectivity index (χ1n) is 6.74. The molecule has 0 aliphatic carbocycles. The van der Waals surface area contributed by atoms with Crippen LogP contribution in [0, 0.1) is 6.92 Å². The quantitative estimate of drug-likeness (QED) is 0.925. The molecule has 0 spiro atoms. The maximum atomic E-state index is 12.1. The number of likely N-dealkylation sites (tertiary alicyclic amines) is 1. The molecule has 0 aromatic heterocycles. The molecule has 106 valence electrons. The zero-order valence-corrected chi connectivity index (χ0v) is 12.3. The number of benzene rings is 1. The first-order chi connectivity index (χ1) is 8.65. The van der Waals surface area contributed by atoms with Gasteiger partial charge < -0.3 is 10.6 Å². The van der Waals surface area contributed by atoms with Gasteiger partial charge in [-0.3, -0.25) is 4.79 Å². The van der Waals surface area contributed by atoms with Crippen LogP contribution in [0.15, 0.2) is 24.3 Å². The molecule has 19 heavy (non-hydrogen) atoms. The number of carbonyl (C=O) groups excluding carboxylic acids is 1. The lowest BCUT2D eigenvalue weighted by Gasteiger charge is -2.30. The lowest BCUT2D eigenvalue weighted by molar-refractivity contribution is -0.132. The van der Waals surface area contributed by atoms with Crippen molar-refractivity contribution in [3.05, 3.63) is 35.4 Å². The molecule has 2 rings (SSSR count). The Balaban J connectivity index is 0.00000180. The molecule has 1 amide bonds. The molecule has 3 nitrogen and oxygen atoms in total. The van der Waals surface area contributed by atoms with E-state index in [1.165, 1.54) is 11.1 Å². The molecular formula is C15H23ClN2O. The largest absolute Gasteiger partial charge is 0.341 e. The van der Waals surface area contributed by atoms with Crippen molar-refractivity contribution in [3.8, 4) is 0 Å². The van der Waals surface area contributed by atoms with Gasteiger partial charge in [-0.1, -0.05) is 29.8 Å². The minimum Gasteiger partial charge on any atom is -0.341 e. The van der Waals surface area contributed by atoms with E-state index >= 15 is 0 Å². The van der Waals surface area contributed by atoms with E-state index < -0.39 is 0 Å². The highest BCUT2D eigenvalue weighted by Crippen LogP contribution is 2.12. The third-order valence-corrected chi connectivity index (χ3v) is 3.56. The average Bonchev–Trinajstić information content (AvgIpc) is 2.38. The van der Waals surface area contributed by atoms with Crippen LogP contribution in [0.5, 0.6) is 0 Å². The fraction of sp³-hybridized carbons (Fsp3) is 0.533. The number of nitrogens with two attached hydrogens (primary N) is 1. The number of nitrogens with zero attached hydrogens (tertiary/aromatic N) is 1. The van der Waals surface area contributed by atoms with Crippen molar-refractivity contribution in [2.45, 2.75) is 38.6 Å². The highest BCUT2D eigenvalue weighted by molar-refractivity contribution is 5.85. The van der Waals surface area contributed by atoms with E-state index in [-0.39, 0.29) is 24.4 Å². The molecule has 1 aromatic rings. The SMILES string of the molecule is Cc1ccc(CCC(=O)N2CCCC(N)C2)cc1.Cl. The van der Waals surface area contributed by atoms with E-state index in [4.69, 9.17) is 5.73 Å². The number of halogens is 1. The number of amides is 1. The number of rotatable bonds is 3. The van der Waals surface area contributed by atoms with Gasteiger partial charge in [0.2, 0.25) is 5.91 Å². The van der Waals surface area contributed by atoms with Crippen LogP contribution in [0.3, 0.4) is 0 Å². The van der Waals surface area contributed by atoms with Crippen LogP contribution in [0.1, 0.15) is 30.4 Å². The number of aryl methyl sites for hydroxylation is 2. The first kappa shape index (κ1) is 16.0. The Kier molecular flexibility index (Phi) is 6.32. The number of carbonyl (C=O) groups is 1. The van der Waals surface area contributed by atoms with Crippen LogP contribution in [0.4, 0.5) is 0 Å². The van der Waals surface area contributed by atoms with Gasteiger partial charge in [-0.25, -0.2) is 0 Å². The zero-order chi connectivity index (χ0) is 13.0. The Hall–Kier alpha value is -1.06. The van der Waals surface area contributed by atoms with Crippen molar-refractivity contribution in [1.29, 1.82) is 0 Å². The van der Waals surface area contributed by atoms with Crippen molar-refractivity contribution in [2.24, 2.45) is 5.73 Å². The summed E-state index contributed by atoms with van der Waals surface area (Å²) in [5.41, 5.74) is 8.38. The zero-order valence-electron chi connectivity index (χ0n) is 11.5. The van der Waals surface area contributed by atoms with Crippen LogP contribution in [0.2, 0.25) is 0 Å². The molecule has 4 heteroatoms. The van der Waals surface area contributed by atoms with Gasteiger partial charge in [0.25, 0.3) is 0 Å². The predicted molar refractivity (Wildman–Crippen MR) is 80.5 cm³/mol. The summed E-state index contributed by atoms with van der Waals surface area (Å²) in [6.45, 7) is 3.68. The first-order valence-corrected chi connectivity index (χ1v) is 6.74. The van der Waals surface area contributed by atoms with Crippen LogP contribution in [0.25, 0.3) is 0 Å². The summed E-state index contributed by atoms with van der Waals surface area (Å²) in [7, 11) is 0. The normalized spacial score (nSPS) is 18.8. The second-order valence-corrected chi connectivity index (χ2v) is 5.23. The van der Waals surface area contributed by atoms with E-state index in [2.05, 4.69) is 31.2 Å². The van der Waals surface area contributed by atoms with Gasteiger partial charge >= 0.3 is 0 Å². The molecule has 0 radical (unpaired) electrons. The minimum atomic E-state index is 0. The Morgan fingerprint density at radius 3 is 2.68 bits per heavy atom. The second kappa shape index (κ2) is 7.51.